The van der Waals surface area contributed by atoms with Crippen LogP contribution in [0.3, 0.4) is 0 Å². The normalized spacial score (nSPS) is 12.9. The third-order valence-electron chi connectivity index (χ3n) is 9.46. The maximum absolute atomic E-state index is 12.8. The molecule has 0 radical (unpaired) electrons. The number of phenolic OH excluding ortho intramolecular Hbond substituents is 2. The van der Waals surface area contributed by atoms with Gasteiger partial charge in [0.05, 0.1) is 32.1 Å². The summed E-state index contributed by atoms with van der Waals surface area (Å²) < 4.78 is 138. The summed E-state index contributed by atoms with van der Waals surface area (Å²) in [4.78, 5) is 33.2. The summed E-state index contributed by atoms with van der Waals surface area (Å²) in [5, 5.41) is 63.2. The van der Waals surface area contributed by atoms with Gasteiger partial charge in [0.2, 0.25) is 5.88 Å². The molecule has 0 aliphatic rings. The first-order valence-electron chi connectivity index (χ1n) is 17.9. The highest BCUT2D eigenvalue weighted by Gasteiger charge is 2.27. The fourth-order valence-electron chi connectivity index (χ4n) is 6.40. The molecule has 6 aromatic rings. The molecule has 0 aliphatic carbocycles. The minimum atomic E-state index is -5.34. The summed E-state index contributed by atoms with van der Waals surface area (Å²) in [6, 6.07) is 7.51. The van der Waals surface area contributed by atoms with Crippen LogP contribution >= 0.6 is 0 Å². The number of fused-ring (bicyclic) bond motifs is 2. The number of pyridine rings is 1. The predicted octanol–water partition coefficient (Wildman–Crippen LogP) is 5.63. The Labute approximate surface area is 374 Å². The van der Waals surface area contributed by atoms with Crippen LogP contribution in [0.25, 0.3) is 21.5 Å². The highest BCUT2D eigenvalue weighted by atomic mass is 32.2. The Morgan fingerprint density at radius 1 is 0.642 bits per heavy atom. The quantitative estimate of drug-likeness (QED) is 0.0500. The smallest absolute Gasteiger partial charge is 0.338 e. The van der Waals surface area contributed by atoms with Crippen LogP contribution in [0.15, 0.2) is 116 Å². The van der Waals surface area contributed by atoms with Gasteiger partial charge in [-0.05, 0) is 79.2 Å². The lowest BCUT2D eigenvalue weighted by molar-refractivity contribution is 0.0697. The van der Waals surface area contributed by atoms with Gasteiger partial charge < -0.3 is 26.2 Å². The van der Waals surface area contributed by atoms with Crippen LogP contribution in [-0.4, -0.2) is 88.8 Å². The van der Waals surface area contributed by atoms with Gasteiger partial charge in [0.25, 0.3) is 51.9 Å². The standard InChI is InChI=1S/C36H28N8O19S4/c1-3-44-34(48)28(33(37)47)14(2)30(35(44)49)42-40-23-11-18(64(52,53)54)6-15-8-26(66(58,59)60)24(13-20(15)23)41-38-17-4-5-22(21(10-17)36(50)51)39-43-31-27(67(61,62)63)9-16-7-19(65(55,56)57)12-25(45)29(16)32(31)46/h4-13,45-46,49H,3H2,1-2H3,(H2,37,47)(H,50,51)(H,52,53,54)(H,55,56,57)(H,58,59,60)(H,61,62,63). The molecule has 0 atom stereocenters. The van der Waals surface area contributed by atoms with Crippen molar-refractivity contribution in [2.24, 2.45) is 36.4 Å². The van der Waals surface area contributed by atoms with Gasteiger partial charge in [0, 0.05) is 23.6 Å². The van der Waals surface area contributed by atoms with Gasteiger partial charge in [-0.25, -0.2) is 4.79 Å². The van der Waals surface area contributed by atoms with Crippen LogP contribution in [0.5, 0.6) is 17.4 Å². The number of carboxylic acids is 1. The van der Waals surface area contributed by atoms with E-state index in [-0.39, 0.29) is 28.6 Å². The molecule has 67 heavy (non-hydrogen) atoms. The summed E-state index contributed by atoms with van der Waals surface area (Å²) in [5.41, 5.74) is -0.923. The molecule has 1 aromatic heterocycles. The molecule has 1 heterocycles. The van der Waals surface area contributed by atoms with Crippen molar-refractivity contribution in [3.63, 3.8) is 0 Å². The highest BCUT2D eigenvalue weighted by Crippen LogP contribution is 2.46. The van der Waals surface area contributed by atoms with Crippen LogP contribution in [0, 0.1) is 6.92 Å². The molecule has 0 spiro atoms. The molecule has 0 bridgehead atoms. The Morgan fingerprint density at radius 3 is 1.76 bits per heavy atom. The maximum atomic E-state index is 12.8. The van der Waals surface area contributed by atoms with E-state index in [9.17, 15) is 86.7 Å². The highest BCUT2D eigenvalue weighted by molar-refractivity contribution is 7.86. The Bertz CT molecular complexity index is 3820. The number of carboxylic acid groups (broad SMARTS) is 1. The van der Waals surface area contributed by atoms with Gasteiger partial charge in [0.15, 0.2) is 5.75 Å². The van der Waals surface area contributed by atoms with Gasteiger partial charge in [0.1, 0.15) is 43.9 Å². The number of carbonyl (C=O) groups is 2. The lowest BCUT2D eigenvalue weighted by Crippen LogP contribution is -2.30. The minimum absolute atomic E-state index is 0.186. The second-order valence-electron chi connectivity index (χ2n) is 13.7. The summed E-state index contributed by atoms with van der Waals surface area (Å²) in [6.07, 6.45) is 0. The van der Waals surface area contributed by atoms with Gasteiger partial charge in [-0.1, -0.05) is 0 Å². The number of aromatic hydroxyl groups is 3. The number of phenols is 2. The van der Waals surface area contributed by atoms with E-state index in [1.54, 1.807) is 0 Å². The molecule has 0 saturated heterocycles. The number of hydrogen-bond donors (Lipinski definition) is 9. The van der Waals surface area contributed by atoms with Gasteiger partial charge >= 0.3 is 5.97 Å². The number of amides is 1. The average Bonchev–Trinajstić information content (AvgIpc) is 3.20. The molecule has 10 N–H and O–H groups in total. The Balaban J connectivity index is 1.49. The Hall–Kier alpha value is -7.65. The summed E-state index contributed by atoms with van der Waals surface area (Å²) in [6.45, 7) is 2.44. The molecule has 350 valence electrons. The van der Waals surface area contributed by atoms with Crippen molar-refractivity contribution in [2.75, 3.05) is 0 Å². The SMILES string of the molecule is CCn1c(O)c(N=Nc2cc(S(=O)(=O)O)cc3cc(S(=O)(=O)O)c(N=Nc4ccc(N=Nc5c(S(=O)(=O)O)cc6cc(S(=O)(=O)O)cc(O)c6c5O)c(C(=O)O)c4)cc23)c(C)c(C(N)=O)c1=O. The molecule has 5 aromatic carbocycles. The zero-order valence-electron chi connectivity index (χ0n) is 33.4. The molecule has 6 rings (SSSR count). The van der Waals surface area contributed by atoms with Crippen molar-refractivity contribution < 1.29 is 81.9 Å². The van der Waals surface area contributed by atoms with Crippen molar-refractivity contribution in [1.82, 2.24) is 4.57 Å². The monoisotopic (exact) mass is 1000 g/mol. The Morgan fingerprint density at radius 2 is 1.19 bits per heavy atom. The number of rotatable bonds is 13. The molecule has 27 nitrogen and oxygen atoms in total. The number of aromatic carboxylic acids is 1. The molecule has 31 heteroatoms. The molecule has 0 fully saturated rings. The lowest BCUT2D eigenvalue weighted by Gasteiger charge is -2.13. The average molecular weight is 1000 g/mol. The van der Waals surface area contributed by atoms with Crippen molar-refractivity contribution in [3.8, 4) is 17.4 Å². The minimum Gasteiger partial charge on any atom is -0.507 e. The van der Waals surface area contributed by atoms with E-state index >= 15 is 0 Å². The summed E-state index contributed by atoms with van der Waals surface area (Å²) in [5.74, 6) is -5.94. The van der Waals surface area contributed by atoms with E-state index in [0.717, 1.165) is 41.0 Å². The number of nitrogens with two attached hydrogens (primary N) is 1. The molecule has 0 unspecified atom stereocenters. The van der Waals surface area contributed by atoms with Crippen LogP contribution in [0.1, 0.15) is 33.2 Å². The Kier molecular flexibility index (Phi) is 12.6. The van der Waals surface area contributed by atoms with Crippen molar-refractivity contribution in [2.45, 2.75) is 40.0 Å². The number of carbonyl (C=O) groups excluding carboxylic acids is 1. The maximum Gasteiger partial charge on any atom is 0.338 e. The number of azo groups is 3. The molecule has 1 amide bonds. The van der Waals surface area contributed by atoms with E-state index in [4.69, 9.17) is 5.73 Å². The van der Waals surface area contributed by atoms with E-state index in [1.807, 2.05) is 0 Å². The molecular weight excluding hydrogens is 977 g/mol. The zero-order chi connectivity index (χ0) is 49.9. The first kappa shape index (κ1) is 48.8. The zero-order valence-corrected chi connectivity index (χ0v) is 36.7. The van der Waals surface area contributed by atoms with E-state index in [1.165, 1.54) is 13.8 Å². The number of benzene rings is 5. The number of hydrogen-bond acceptors (Lipinski definition) is 20. The van der Waals surface area contributed by atoms with Crippen molar-refractivity contribution >= 4 is 108 Å². The van der Waals surface area contributed by atoms with Crippen molar-refractivity contribution in [1.29, 1.82) is 0 Å². The summed E-state index contributed by atoms with van der Waals surface area (Å²) in [7, 11) is -20.7. The third-order valence-corrected chi connectivity index (χ3v) is 12.9. The van der Waals surface area contributed by atoms with Crippen molar-refractivity contribution in [3.05, 3.63) is 87.7 Å². The topological polar surface area (TPSA) is 455 Å². The van der Waals surface area contributed by atoms with E-state index < -0.39 is 145 Å². The van der Waals surface area contributed by atoms with Crippen LogP contribution in [0.4, 0.5) is 34.1 Å². The van der Waals surface area contributed by atoms with Crippen LogP contribution < -0.4 is 11.3 Å². The second kappa shape index (κ2) is 17.3. The fraction of sp³-hybridized carbons (Fsp3) is 0.0833. The largest absolute Gasteiger partial charge is 0.507 e. The van der Waals surface area contributed by atoms with Gasteiger partial charge in [-0.15, -0.1) is 25.6 Å². The predicted molar refractivity (Wildman–Crippen MR) is 228 cm³/mol. The number of nitrogens with zero attached hydrogens (tertiary/aromatic N) is 7. The van der Waals surface area contributed by atoms with Crippen LogP contribution in [0.2, 0.25) is 0 Å². The second-order valence-corrected chi connectivity index (χ2v) is 19.3. The van der Waals surface area contributed by atoms with Gasteiger partial charge in [-0.2, -0.15) is 38.8 Å². The summed E-state index contributed by atoms with van der Waals surface area (Å²) >= 11 is 0. The molecular formula is C36H28N8O19S4. The lowest BCUT2D eigenvalue weighted by atomic mass is 10.1. The number of aromatic nitrogens is 1. The van der Waals surface area contributed by atoms with E-state index in [2.05, 4.69) is 30.7 Å². The van der Waals surface area contributed by atoms with Crippen LogP contribution in [-0.2, 0) is 47.0 Å². The van der Waals surface area contributed by atoms with Gasteiger partial charge in [-0.3, -0.25) is 32.4 Å². The van der Waals surface area contributed by atoms with E-state index in [0.29, 0.717) is 24.3 Å². The molecule has 0 saturated carbocycles. The number of primary amides is 1. The third kappa shape index (κ3) is 9.68. The fourth-order valence-corrected chi connectivity index (χ4v) is 8.77. The first-order valence-corrected chi connectivity index (χ1v) is 23.6. The first-order chi connectivity index (χ1) is 30.9. The molecule has 0 aliphatic heterocycles.